The molecule has 39 heavy (non-hydrogen) atoms. The first-order chi connectivity index (χ1) is 18.9. The van der Waals surface area contributed by atoms with Gasteiger partial charge >= 0.3 is 5.97 Å². The number of benzene rings is 3. The fourth-order valence-electron chi connectivity index (χ4n) is 4.05. The van der Waals surface area contributed by atoms with Crippen molar-refractivity contribution < 1.29 is 23.8 Å². The topological polar surface area (TPSA) is 65.1 Å². The number of hydrogen-bond donors (Lipinski definition) is 0. The van der Waals surface area contributed by atoms with E-state index in [4.69, 9.17) is 38.0 Å². The normalized spacial score (nSPS) is 14.3. The van der Waals surface area contributed by atoms with Crippen molar-refractivity contribution in [1.29, 1.82) is 0 Å². The average Bonchev–Trinajstić information content (AvgIpc) is 3.43. The lowest BCUT2D eigenvalue weighted by atomic mass is 10.1. The molecule has 1 amide bonds. The van der Waals surface area contributed by atoms with Crippen molar-refractivity contribution in [2.75, 3.05) is 20.8 Å². The number of thiophene rings is 1. The van der Waals surface area contributed by atoms with Gasteiger partial charge in [-0.1, -0.05) is 72.0 Å². The number of carbonyl (C=O) groups is 2. The minimum atomic E-state index is -0.510. The lowest BCUT2D eigenvalue weighted by molar-refractivity contribution is -0.122. The summed E-state index contributed by atoms with van der Waals surface area (Å²) in [4.78, 5) is 28.3. The van der Waals surface area contributed by atoms with Crippen LogP contribution in [0.25, 0.3) is 16.2 Å². The first-order valence-corrected chi connectivity index (χ1v) is 14.3. The van der Waals surface area contributed by atoms with Gasteiger partial charge in [-0.15, -0.1) is 11.3 Å². The highest BCUT2D eigenvalue weighted by Crippen LogP contribution is 2.36. The molecule has 1 aromatic heterocycles. The van der Waals surface area contributed by atoms with Crippen LogP contribution in [0, 0.1) is 0 Å². The third-order valence-corrected chi connectivity index (χ3v) is 9.09. The molecular weight excluding hydrogens is 574 g/mol. The molecule has 0 bridgehead atoms. The number of ether oxygens (including phenoxy) is 3. The van der Waals surface area contributed by atoms with Crippen molar-refractivity contribution in [2.45, 2.75) is 6.42 Å². The molecule has 6 nitrogen and oxygen atoms in total. The zero-order chi connectivity index (χ0) is 27.5. The van der Waals surface area contributed by atoms with Gasteiger partial charge in [-0.2, -0.15) is 0 Å². The smallest absolute Gasteiger partial charge is 0.355 e. The number of fused-ring (bicyclic) bond motifs is 1. The van der Waals surface area contributed by atoms with Crippen molar-refractivity contribution in [3.8, 4) is 17.2 Å². The van der Waals surface area contributed by atoms with Crippen LogP contribution < -0.4 is 14.2 Å². The van der Waals surface area contributed by atoms with Gasteiger partial charge in [-0.3, -0.25) is 9.69 Å². The molecule has 0 unspecified atom stereocenters. The maximum atomic E-state index is 13.1. The maximum Gasteiger partial charge on any atom is 0.355 e. The molecule has 0 saturated carbocycles. The number of thioether (sulfide) groups is 1. The molecule has 0 radical (unpaired) electrons. The molecule has 0 aliphatic carbocycles. The number of carbonyl (C=O) groups excluding carboxylic acids is 2. The molecular formula is C29H22ClNO5S3. The fraction of sp³-hybridized carbons (Fsp3) is 0.138. The third-order valence-electron chi connectivity index (χ3n) is 6.05. The van der Waals surface area contributed by atoms with Gasteiger partial charge in [0.05, 0.1) is 24.1 Å². The van der Waals surface area contributed by atoms with E-state index in [1.54, 1.807) is 49.5 Å². The van der Waals surface area contributed by atoms with Crippen LogP contribution in [0.15, 0.2) is 71.6 Å². The number of halogens is 1. The van der Waals surface area contributed by atoms with Gasteiger partial charge in [0.25, 0.3) is 5.91 Å². The second-order valence-corrected chi connectivity index (χ2v) is 11.6. The quantitative estimate of drug-likeness (QED) is 0.0921. The standard InChI is InChI=1S/C29H22ClNO5S3/c1-34-21-12-9-18(15-22(21)35-2)13-14-31-27(32)24(39-29(31)37)16-17-7-10-19(11-8-17)36-28(33)26-25(30)20-5-3-4-6-23(20)38-26/h3-12,15-16H,13-14H2,1-2H3/b24-16-. The van der Waals surface area contributed by atoms with E-state index < -0.39 is 5.97 Å². The van der Waals surface area contributed by atoms with Crippen LogP contribution in [0.1, 0.15) is 20.8 Å². The number of esters is 1. The predicted octanol–water partition coefficient (Wildman–Crippen LogP) is 7.24. The molecule has 10 heteroatoms. The van der Waals surface area contributed by atoms with E-state index in [1.807, 2.05) is 42.5 Å². The summed E-state index contributed by atoms with van der Waals surface area (Å²) in [5.74, 6) is 1.03. The molecule has 1 fully saturated rings. The van der Waals surface area contributed by atoms with Gasteiger partial charge in [-0.05, 0) is 54.0 Å². The van der Waals surface area contributed by atoms with Crippen LogP contribution >= 0.6 is 46.9 Å². The Bertz CT molecular complexity index is 1610. The molecule has 0 atom stereocenters. The number of rotatable bonds is 8. The van der Waals surface area contributed by atoms with E-state index in [0.717, 1.165) is 21.2 Å². The number of nitrogens with zero attached hydrogens (tertiary/aromatic N) is 1. The van der Waals surface area contributed by atoms with Gasteiger partial charge < -0.3 is 14.2 Å². The summed E-state index contributed by atoms with van der Waals surface area (Å²) in [6.45, 7) is 0.451. The third kappa shape index (κ3) is 5.81. The highest BCUT2D eigenvalue weighted by Gasteiger charge is 2.31. The van der Waals surface area contributed by atoms with Crippen molar-refractivity contribution in [3.63, 3.8) is 0 Å². The van der Waals surface area contributed by atoms with Gasteiger partial charge in [0.2, 0.25) is 0 Å². The van der Waals surface area contributed by atoms with Crippen LogP contribution in [0.4, 0.5) is 0 Å². The second-order valence-electron chi connectivity index (χ2n) is 8.47. The molecule has 1 saturated heterocycles. The Kier molecular flexibility index (Phi) is 8.23. The Morgan fingerprint density at radius 1 is 1.03 bits per heavy atom. The minimum absolute atomic E-state index is 0.139. The van der Waals surface area contributed by atoms with Crippen LogP contribution in [0.2, 0.25) is 5.02 Å². The Morgan fingerprint density at radius 3 is 2.49 bits per heavy atom. The van der Waals surface area contributed by atoms with E-state index in [1.165, 1.54) is 23.1 Å². The molecule has 1 aliphatic rings. The van der Waals surface area contributed by atoms with Crippen LogP contribution in [0.3, 0.4) is 0 Å². The summed E-state index contributed by atoms with van der Waals surface area (Å²) < 4.78 is 17.6. The molecule has 3 aromatic carbocycles. The van der Waals surface area contributed by atoms with Crippen LogP contribution in [-0.2, 0) is 11.2 Å². The van der Waals surface area contributed by atoms with E-state index in [0.29, 0.717) is 49.3 Å². The average molecular weight is 596 g/mol. The summed E-state index contributed by atoms with van der Waals surface area (Å²) in [6, 6.07) is 20.2. The summed E-state index contributed by atoms with van der Waals surface area (Å²) in [5, 5.41) is 1.22. The number of hydrogen-bond acceptors (Lipinski definition) is 8. The molecule has 0 spiro atoms. The lowest BCUT2D eigenvalue weighted by Gasteiger charge is -2.15. The van der Waals surface area contributed by atoms with Crippen molar-refractivity contribution >= 4 is 79.3 Å². The summed E-state index contributed by atoms with van der Waals surface area (Å²) >= 11 is 14.4. The monoisotopic (exact) mass is 595 g/mol. The molecule has 5 rings (SSSR count). The Labute approximate surface area is 244 Å². The molecule has 0 N–H and O–H groups in total. The number of thiocarbonyl (C=S) groups is 1. The van der Waals surface area contributed by atoms with E-state index in [9.17, 15) is 9.59 Å². The number of amides is 1. The van der Waals surface area contributed by atoms with E-state index in [2.05, 4.69) is 0 Å². The second kappa shape index (κ2) is 11.8. The van der Waals surface area contributed by atoms with Gasteiger partial charge in [0, 0.05) is 16.6 Å². The zero-order valence-corrected chi connectivity index (χ0v) is 24.1. The number of methoxy groups -OCH3 is 2. The Morgan fingerprint density at radius 2 is 1.77 bits per heavy atom. The van der Waals surface area contributed by atoms with Gasteiger partial charge in [0.1, 0.15) is 14.9 Å². The molecule has 4 aromatic rings. The van der Waals surface area contributed by atoms with Crippen LogP contribution in [-0.4, -0.2) is 41.9 Å². The summed E-state index contributed by atoms with van der Waals surface area (Å²) in [5.41, 5.74) is 1.79. The first-order valence-electron chi connectivity index (χ1n) is 11.8. The Hall–Kier alpha value is -3.37. The van der Waals surface area contributed by atoms with Crippen molar-refractivity contribution in [1.82, 2.24) is 4.90 Å². The highest BCUT2D eigenvalue weighted by atomic mass is 35.5. The minimum Gasteiger partial charge on any atom is -0.493 e. The largest absolute Gasteiger partial charge is 0.493 e. The Balaban J connectivity index is 1.23. The summed E-state index contributed by atoms with van der Waals surface area (Å²) in [6.07, 6.45) is 2.40. The fourth-order valence-corrected chi connectivity index (χ4v) is 6.75. The van der Waals surface area contributed by atoms with E-state index in [-0.39, 0.29) is 5.91 Å². The van der Waals surface area contributed by atoms with Crippen molar-refractivity contribution in [2.24, 2.45) is 0 Å². The first kappa shape index (κ1) is 27.2. The maximum absolute atomic E-state index is 13.1. The predicted molar refractivity (Wildman–Crippen MR) is 161 cm³/mol. The molecule has 198 valence electrons. The molecule has 1 aliphatic heterocycles. The molecule has 2 heterocycles. The van der Waals surface area contributed by atoms with Gasteiger partial charge in [0.15, 0.2) is 11.5 Å². The van der Waals surface area contributed by atoms with Crippen molar-refractivity contribution in [3.05, 3.63) is 92.7 Å². The highest BCUT2D eigenvalue weighted by molar-refractivity contribution is 8.26. The van der Waals surface area contributed by atoms with Crippen LogP contribution in [0.5, 0.6) is 17.2 Å². The zero-order valence-electron chi connectivity index (χ0n) is 20.9. The van der Waals surface area contributed by atoms with E-state index >= 15 is 0 Å². The summed E-state index contributed by atoms with van der Waals surface area (Å²) in [7, 11) is 3.18. The lowest BCUT2D eigenvalue weighted by Crippen LogP contribution is -2.30. The van der Waals surface area contributed by atoms with Gasteiger partial charge in [-0.25, -0.2) is 4.79 Å². The SMILES string of the molecule is COc1ccc(CCN2C(=O)/C(=C/c3ccc(OC(=O)c4sc5ccccc5c4Cl)cc3)SC2=S)cc1OC.